The number of benzene rings is 1. The molecule has 104 valence electrons. The lowest BCUT2D eigenvalue weighted by molar-refractivity contribution is 0.157. The number of rotatable bonds is 4. The summed E-state index contributed by atoms with van der Waals surface area (Å²) in [7, 11) is 0. The summed E-state index contributed by atoms with van der Waals surface area (Å²) < 4.78 is 14.2. The van der Waals surface area contributed by atoms with E-state index in [9.17, 15) is 4.39 Å². The van der Waals surface area contributed by atoms with Crippen molar-refractivity contribution in [2.24, 2.45) is 5.92 Å². The van der Waals surface area contributed by atoms with Gasteiger partial charge in [0.25, 0.3) is 0 Å². The van der Waals surface area contributed by atoms with Crippen LogP contribution < -0.4 is 5.32 Å². The number of hydrogen-bond donors (Lipinski definition) is 1. The Labute approximate surface area is 118 Å². The lowest BCUT2D eigenvalue weighted by Crippen LogP contribution is -2.45. The molecule has 0 amide bonds. The van der Waals surface area contributed by atoms with Crippen molar-refractivity contribution >= 4 is 11.6 Å². The van der Waals surface area contributed by atoms with Crippen LogP contribution in [0.15, 0.2) is 18.2 Å². The number of halogens is 2. The zero-order valence-corrected chi connectivity index (χ0v) is 11.8. The zero-order valence-electron chi connectivity index (χ0n) is 11.0. The monoisotopic (exact) mass is 282 g/mol. The van der Waals surface area contributed by atoms with Crippen molar-refractivity contribution in [1.29, 1.82) is 0 Å². The van der Waals surface area contributed by atoms with E-state index in [0.717, 1.165) is 38.5 Å². The molecule has 1 heterocycles. The molecule has 1 atom stereocenters. The van der Waals surface area contributed by atoms with E-state index < -0.39 is 0 Å². The van der Waals surface area contributed by atoms with E-state index in [1.807, 2.05) is 6.07 Å². The molecule has 0 unspecified atom stereocenters. The number of nitrogens with one attached hydrogen (secondary N) is 1. The molecule has 1 aliphatic heterocycles. The SMILES string of the molecule is Fc1cccc(Cl)c1[C@H](CC1CC1)N1CCNCC1. The van der Waals surface area contributed by atoms with Gasteiger partial charge in [0.2, 0.25) is 0 Å². The van der Waals surface area contributed by atoms with E-state index in [2.05, 4.69) is 10.2 Å². The van der Waals surface area contributed by atoms with Crippen LogP contribution in [0.5, 0.6) is 0 Å². The number of hydrogen-bond acceptors (Lipinski definition) is 2. The van der Waals surface area contributed by atoms with Crippen LogP contribution in [0.3, 0.4) is 0 Å². The fourth-order valence-corrected chi connectivity index (χ4v) is 3.23. The number of piperazine rings is 1. The fourth-order valence-electron chi connectivity index (χ4n) is 2.94. The molecule has 3 rings (SSSR count). The minimum absolute atomic E-state index is 0.142. The van der Waals surface area contributed by atoms with E-state index >= 15 is 0 Å². The molecule has 1 aromatic carbocycles. The van der Waals surface area contributed by atoms with Crippen molar-refractivity contribution in [1.82, 2.24) is 10.2 Å². The Morgan fingerprint density at radius 1 is 1.32 bits per heavy atom. The minimum Gasteiger partial charge on any atom is -0.314 e. The summed E-state index contributed by atoms with van der Waals surface area (Å²) in [6, 6.07) is 5.17. The molecule has 0 radical (unpaired) electrons. The van der Waals surface area contributed by atoms with E-state index in [1.165, 1.54) is 18.9 Å². The summed E-state index contributed by atoms with van der Waals surface area (Å²) in [6.45, 7) is 3.91. The third kappa shape index (κ3) is 3.10. The molecular formula is C15H20ClFN2. The molecular weight excluding hydrogens is 263 g/mol. The average molecular weight is 283 g/mol. The van der Waals surface area contributed by atoms with Gasteiger partial charge in [0.1, 0.15) is 5.82 Å². The van der Waals surface area contributed by atoms with E-state index in [0.29, 0.717) is 10.6 Å². The predicted octanol–water partition coefficient (Wildman–Crippen LogP) is 3.23. The zero-order chi connectivity index (χ0) is 13.2. The minimum atomic E-state index is -0.156. The molecule has 0 spiro atoms. The fraction of sp³-hybridized carbons (Fsp3) is 0.600. The van der Waals surface area contributed by atoms with Crippen molar-refractivity contribution in [3.8, 4) is 0 Å². The molecule has 0 aromatic heterocycles. The van der Waals surface area contributed by atoms with Crippen molar-refractivity contribution < 1.29 is 4.39 Å². The Hall–Kier alpha value is -0.640. The van der Waals surface area contributed by atoms with Crippen molar-refractivity contribution in [2.45, 2.75) is 25.3 Å². The van der Waals surface area contributed by atoms with Gasteiger partial charge in [-0.1, -0.05) is 30.5 Å². The standard InChI is InChI=1S/C15H20ClFN2/c16-12-2-1-3-13(17)15(12)14(10-11-4-5-11)19-8-6-18-7-9-19/h1-3,11,14,18H,4-10H2/t14-/m0/s1. The van der Waals surface area contributed by atoms with Gasteiger partial charge in [-0.25, -0.2) is 4.39 Å². The first-order valence-corrected chi connectivity index (χ1v) is 7.52. The molecule has 0 bridgehead atoms. The second kappa shape index (κ2) is 5.78. The van der Waals surface area contributed by atoms with Crippen LogP contribution in [0.4, 0.5) is 4.39 Å². The lowest BCUT2D eigenvalue weighted by atomic mass is 9.98. The van der Waals surface area contributed by atoms with Gasteiger partial charge < -0.3 is 5.32 Å². The largest absolute Gasteiger partial charge is 0.314 e. The highest BCUT2D eigenvalue weighted by Crippen LogP contribution is 2.42. The third-order valence-electron chi connectivity index (χ3n) is 4.18. The first-order chi connectivity index (χ1) is 9.25. The van der Waals surface area contributed by atoms with Gasteiger partial charge >= 0.3 is 0 Å². The molecule has 4 heteroatoms. The molecule has 2 nitrogen and oxygen atoms in total. The van der Waals surface area contributed by atoms with Crippen molar-refractivity contribution in [3.05, 3.63) is 34.6 Å². The van der Waals surface area contributed by atoms with Gasteiger partial charge in [-0.05, 0) is 24.5 Å². The topological polar surface area (TPSA) is 15.3 Å². The molecule has 1 aromatic rings. The second-order valence-electron chi connectivity index (χ2n) is 5.62. The van der Waals surface area contributed by atoms with Crippen LogP contribution >= 0.6 is 11.6 Å². The number of nitrogens with zero attached hydrogens (tertiary/aromatic N) is 1. The Kier molecular flexibility index (Phi) is 4.06. The summed E-state index contributed by atoms with van der Waals surface area (Å²) in [5, 5.41) is 3.92. The van der Waals surface area contributed by atoms with Gasteiger partial charge in [-0.3, -0.25) is 4.90 Å². The summed E-state index contributed by atoms with van der Waals surface area (Å²) >= 11 is 6.27. The van der Waals surface area contributed by atoms with Crippen LogP contribution in [0.25, 0.3) is 0 Å². The molecule has 1 saturated heterocycles. The Morgan fingerprint density at radius 3 is 2.68 bits per heavy atom. The normalized spacial score (nSPS) is 22.4. The van der Waals surface area contributed by atoms with Crippen molar-refractivity contribution in [2.75, 3.05) is 26.2 Å². The van der Waals surface area contributed by atoms with E-state index in [4.69, 9.17) is 11.6 Å². The smallest absolute Gasteiger partial charge is 0.129 e. The quantitative estimate of drug-likeness (QED) is 0.912. The average Bonchev–Trinajstić information content (AvgIpc) is 3.22. The maximum atomic E-state index is 14.2. The van der Waals surface area contributed by atoms with E-state index in [1.54, 1.807) is 6.07 Å². The summed E-state index contributed by atoms with van der Waals surface area (Å²) in [4.78, 5) is 2.39. The second-order valence-corrected chi connectivity index (χ2v) is 6.02. The molecule has 2 fully saturated rings. The highest BCUT2D eigenvalue weighted by atomic mass is 35.5. The lowest BCUT2D eigenvalue weighted by Gasteiger charge is -2.36. The van der Waals surface area contributed by atoms with Gasteiger partial charge in [-0.15, -0.1) is 0 Å². The van der Waals surface area contributed by atoms with E-state index in [-0.39, 0.29) is 11.9 Å². The van der Waals surface area contributed by atoms with Gasteiger partial charge in [-0.2, -0.15) is 0 Å². The van der Waals surface area contributed by atoms with Gasteiger partial charge in [0, 0.05) is 42.8 Å². The maximum Gasteiger partial charge on any atom is 0.129 e. The summed E-state index contributed by atoms with van der Waals surface area (Å²) in [6.07, 6.45) is 3.62. The predicted molar refractivity (Wildman–Crippen MR) is 75.9 cm³/mol. The summed E-state index contributed by atoms with van der Waals surface area (Å²) in [5.74, 6) is 0.604. The summed E-state index contributed by atoms with van der Waals surface area (Å²) in [5.41, 5.74) is 0.706. The highest BCUT2D eigenvalue weighted by molar-refractivity contribution is 6.31. The van der Waals surface area contributed by atoms with Crippen LogP contribution in [0.1, 0.15) is 30.9 Å². The van der Waals surface area contributed by atoms with Crippen LogP contribution in [0, 0.1) is 11.7 Å². The first kappa shape index (κ1) is 13.3. The Balaban J connectivity index is 1.88. The van der Waals surface area contributed by atoms with Gasteiger partial charge in [0.15, 0.2) is 0 Å². The Bertz CT molecular complexity index is 422. The van der Waals surface area contributed by atoms with Gasteiger partial charge in [0.05, 0.1) is 0 Å². The molecule has 2 aliphatic rings. The Morgan fingerprint density at radius 2 is 2.05 bits per heavy atom. The van der Waals surface area contributed by atoms with Crippen LogP contribution in [0.2, 0.25) is 5.02 Å². The highest BCUT2D eigenvalue weighted by Gasteiger charge is 2.32. The van der Waals surface area contributed by atoms with Crippen LogP contribution in [-0.2, 0) is 0 Å². The molecule has 1 aliphatic carbocycles. The first-order valence-electron chi connectivity index (χ1n) is 7.14. The molecule has 19 heavy (non-hydrogen) atoms. The third-order valence-corrected chi connectivity index (χ3v) is 4.51. The van der Waals surface area contributed by atoms with Crippen molar-refractivity contribution in [3.63, 3.8) is 0 Å². The maximum absolute atomic E-state index is 14.2. The molecule has 1 N–H and O–H groups in total. The van der Waals surface area contributed by atoms with Crippen LogP contribution in [-0.4, -0.2) is 31.1 Å². The molecule has 1 saturated carbocycles.